The molecule has 24 heavy (non-hydrogen) atoms. The van der Waals surface area contributed by atoms with Crippen molar-refractivity contribution < 1.29 is 4.79 Å². The lowest BCUT2D eigenvalue weighted by molar-refractivity contribution is 0.103. The Hall–Kier alpha value is -2.11. The van der Waals surface area contributed by atoms with Crippen LogP contribution in [0.1, 0.15) is 34.0 Å². The summed E-state index contributed by atoms with van der Waals surface area (Å²) < 4.78 is 0. The van der Waals surface area contributed by atoms with Crippen LogP contribution >= 0.6 is 11.3 Å². The second-order valence-electron chi connectivity index (χ2n) is 6.51. The van der Waals surface area contributed by atoms with E-state index in [1.54, 1.807) is 0 Å². The predicted octanol–water partition coefficient (Wildman–Crippen LogP) is 4.29. The lowest BCUT2D eigenvalue weighted by atomic mass is 9.89. The molecule has 1 saturated heterocycles. The van der Waals surface area contributed by atoms with Gasteiger partial charge in [0.2, 0.25) is 0 Å². The van der Waals surface area contributed by atoms with Crippen molar-refractivity contribution in [1.82, 2.24) is 9.88 Å². The summed E-state index contributed by atoms with van der Waals surface area (Å²) in [5.41, 5.74) is 3.37. The third-order valence-corrected chi connectivity index (χ3v) is 5.74. The van der Waals surface area contributed by atoms with Gasteiger partial charge in [0.15, 0.2) is 0 Å². The number of rotatable bonds is 3. The summed E-state index contributed by atoms with van der Waals surface area (Å²) in [5.74, 6) is 0.555. The number of H-pyrrole nitrogens is 1. The Balaban J connectivity index is 1.60. The highest BCUT2D eigenvalue weighted by atomic mass is 32.1. The maximum Gasteiger partial charge on any atom is 0.265 e. The van der Waals surface area contributed by atoms with Gasteiger partial charge in [0, 0.05) is 22.8 Å². The third-order valence-electron chi connectivity index (χ3n) is 4.87. The van der Waals surface area contributed by atoms with Crippen molar-refractivity contribution in [3.8, 4) is 0 Å². The zero-order chi connectivity index (χ0) is 16.5. The maximum absolute atomic E-state index is 12.3. The van der Waals surface area contributed by atoms with Gasteiger partial charge in [-0.15, -0.1) is 11.3 Å². The largest absolute Gasteiger partial charge is 0.361 e. The Kier molecular flexibility index (Phi) is 4.12. The lowest BCUT2D eigenvalue weighted by Crippen LogP contribution is -2.29. The fourth-order valence-corrected chi connectivity index (χ4v) is 4.10. The molecule has 4 nitrogen and oxygen atoms in total. The van der Waals surface area contributed by atoms with Gasteiger partial charge in [-0.2, -0.15) is 0 Å². The molecule has 0 aliphatic carbocycles. The molecule has 1 fully saturated rings. The van der Waals surface area contributed by atoms with Crippen LogP contribution in [0.25, 0.3) is 10.9 Å². The molecule has 3 aromatic rings. The SMILES string of the molecule is CN1CCC(c2c[nH]c3ccc(NC(=O)c4cccs4)cc23)CC1. The molecule has 2 N–H and O–H groups in total. The van der Waals surface area contributed by atoms with E-state index in [0.29, 0.717) is 5.92 Å². The number of carbonyl (C=O) groups is 1. The molecular weight excluding hydrogens is 318 g/mol. The number of amides is 1. The minimum atomic E-state index is -0.0410. The van der Waals surface area contributed by atoms with E-state index in [2.05, 4.69) is 40.6 Å². The van der Waals surface area contributed by atoms with E-state index in [-0.39, 0.29) is 5.91 Å². The van der Waals surface area contributed by atoms with Crippen LogP contribution in [0.4, 0.5) is 5.69 Å². The van der Waals surface area contributed by atoms with Gasteiger partial charge in [0.05, 0.1) is 4.88 Å². The smallest absolute Gasteiger partial charge is 0.265 e. The number of anilines is 1. The first-order valence-electron chi connectivity index (χ1n) is 8.35. The molecule has 0 radical (unpaired) electrons. The summed E-state index contributed by atoms with van der Waals surface area (Å²) in [4.78, 5) is 18.8. The quantitative estimate of drug-likeness (QED) is 0.748. The Morgan fingerprint density at radius 1 is 1.29 bits per heavy atom. The molecule has 0 atom stereocenters. The number of nitrogens with one attached hydrogen (secondary N) is 2. The molecule has 0 saturated carbocycles. The molecule has 1 aromatic carbocycles. The number of aromatic amines is 1. The molecule has 1 aliphatic heterocycles. The molecule has 1 amide bonds. The van der Waals surface area contributed by atoms with E-state index in [1.807, 2.05) is 23.6 Å². The Morgan fingerprint density at radius 3 is 2.88 bits per heavy atom. The number of nitrogens with zero attached hydrogens (tertiary/aromatic N) is 1. The van der Waals surface area contributed by atoms with Crippen molar-refractivity contribution in [3.05, 3.63) is 52.3 Å². The number of hydrogen-bond acceptors (Lipinski definition) is 3. The highest BCUT2D eigenvalue weighted by Gasteiger charge is 2.21. The molecule has 3 heterocycles. The van der Waals surface area contributed by atoms with Gasteiger partial charge in [0.25, 0.3) is 5.91 Å². The first-order chi connectivity index (χ1) is 11.7. The van der Waals surface area contributed by atoms with Gasteiger partial charge in [-0.1, -0.05) is 6.07 Å². The van der Waals surface area contributed by atoms with Crippen molar-refractivity contribution in [1.29, 1.82) is 0 Å². The second-order valence-corrected chi connectivity index (χ2v) is 7.46. The summed E-state index contributed by atoms with van der Waals surface area (Å²) in [6.45, 7) is 2.29. The van der Waals surface area contributed by atoms with Crippen LogP contribution in [0.3, 0.4) is 0 Å². The summed E-state index contributed by atoms with van der Waals surface area (Å²) in [5, 5.41) is 6.16. The third kappa shape index (κ3) is 2.97. The van der Waals surface area contributed by atoms with E-state index in [1.165, 1.54) is 35.1 Å². The highest BCUT2D eigenvalue weighted by molar-refractivity contribution is 7.12. The Morgan fingerprint density at radius 2 is 2.12 bits per heavy atom. The number of fused-ring (bicyclic) bond motifs is 1. The van der Waals surface area contributed by atoms with Gasteiger partial charge in [-0.3, -0.25) is 4.79 Å². The van der Waals surface area contributed by atoms with Crippen molar-refractivity contribution in [2.45, 2.75) is 18.8 Å². The normalized spacial score (nSPS) is 16.5. The minimum absolute atomic E-state index is 0.0410. The van der Waals surface area contributed by atoms with Crippen LogP contribution in [0.15, 0.2) is 41.9 Å². The first-order valence-corrected chi connectivity index (χ1v) is 9.23. The summed E-state index contributed by atoms with van der Waals surface area (Å²) >= 11 is 1.46. The number of hydrogen-bond donors (Lipinski definition) is 2. The zero-order valence-corrected chi connectivity index (χ0v) is 14.5. The molecule has 0 spiro atoms. The number of piperidine rings is 1. The number of benzene rings is 1. The van der Waals surface area contributed by atoms with Crippen LogP contribution in [0, 0.1) is 0 Å². The Labute approximate surface area is 145 Å². The fraction of sp³-hybridized carbons (Fsp3) is 0.316. The van der Waals surface area contributed by atoms with Crippen LogP contribution in [-0.4, -0.2) is 35.9 Å². The van der Waals surface area contributed by atoms with E-state index in [4.69, 9.17) is 0 Å². The molecule has 124 valence electrons. The van der Waals surface area contributed by atoms with Gasteiger partial charge < -0.3 is 15.2 Å². The number of carbonyl (C=O) groups excluding carboxylic acids is 1. The van der Waals surface area contributed by atoms with E-state index >= 15 is 0 Å². The molecule has 1 aliphatic rings. The van der Waals surface area contributed by atoms with Gasteiger partial charge >= 0.3 is 0 Å². The van der Waals surface area contributed by atoms with E-state index in [0.717, 1.165) is 29.2 Å². The first kappa shape index (κ1) is 15.4. The topological polar surface area (TPSA) is 48.1 Å². The van der Waals surface area contributed by atoms with Crippen molar-refractivity contribution >= 4 is 33.8 Å². The number of thiophene rings is 1. The van der Waals surface area contributed by atoms with Gasteiger partial charge in [-0.25, -0.2) is 0 Å². The standard InChI is InChI=1S/C19H21N3OS/c1-22-8-6-13(7-9-22)16-12-20-17-5-4-14(11-15(16)17)21-19(23)18-3-2-10-24-18/h2-5,10-13,20H,6-9H2,1H3,(H,21,23). The van der Waals surface area contributed by atoms with E-state index in [9.17, 15) is 4.79 Å². The van der Waals surface area contributed by atoms with Crippen LogP contribution in [0.5, 0.6) is 0 Å². The number of likely N-dealkylation sites (tertiary alicyclic amines) is 1. The molecule has 2 aromatic heterocycles. The molecule has 0 unspecified atom stereocenters. The average Bonchev–Trinajstić information content (AvgIpc) is 3.25. The van der Waals surface area contributed by atoms with Gasteiger partial charge in [-0.05, 0) is 74.1 Å². The summed E-state index contributed by atoms with van der Waals surface area (Å²) in [7, 11) is 2.18. The van der Waals surface area contributed by atoms with Crippen LogP contribution in [-0.2, 0) is 0 Å². The summed E-state index contributed by atoms with van der Waals surface area (Å²) in [6.07, 6.45) is 4.52. The van der Waals surface area contributed by atoms with Gasteiger partial charge in [0.1, 0.15) is 0 Å². The van der Waals surface area contributed by atoms with Crippen molar-refractivity contribution in [2.24, 2.45) is 0 Å². The Bertz CT molecular complexity index is 845. The second kappa shape index (κ2) is 6.42. The highest BCUT2D eigenvalue weighted by Crippen LogP contribution is 2.34. The molecule has 5 heteroatoms. The van der Waals surface area contributed by atoms with Crippen molar-refractivity contribution in [2.75, 3.05) is 25.5 Å². The fourth-order valence-electron chi connectivity index (χ4n) is 3.48. The lowest BCUT2D eigenvalue weighted by Gasteiger charge is -2.28. The molecule has 4 rings (SSSR count). The number of aromatic nitrogens is 1. The predicted molar refractivity (Wildman–Crippen MR) is 100 cm³/mol. The average molecular weight is 339 g/mol. The van der Waals surface area contributed by atoms with Crippen molar-refractivity contribution in [3.63, 3.8) is 0 Å². The van der Waals surface area contributed by atoms with Crippen LogP contribution < -0.4 is 5.32 Å². The molecular formula is C19H21N3OS. The monoisotopic (exact) mass is 339 g/mol. The summed E-state index contributed by atoms with van der Waals surface area (Å²) in [6, 6.07) is 9.86. The minimum Gasteiger partial charge on any atom is -0.361 e. The van der Waals surface area contributed by atoms with E-state index < -0.39 is 0 Å². The zero-order valence-electron chi connectivity index (χ0n) is 13.7. The van der Waals surface area contributed by atoms with Crippen LogP contribution in [0.2, 0.25) is 0 Å². The molecule has 0 bridgehead atoms. The maximum atomic E-state index is 12.3.